The predicted octanol–water partition coefficient (Wildman–Crippen LogP) is 4.95. The minimum Gasteiger partial charge on any atom is -0.336 e. The van der Waals surface area contributed by atoms with Crippen LogP contribution in [0.3, 0.4) is 0 Å². The number of hydrogen-bond acceptors (Lipinski definition) is 7. The zero-order valence-electron chi connectivity index (χ0n) is 21.7. The second-order valence-corrected chi connectivity index (χ2v) is 10.1. The van der Waals surface area contributed by atoms with Gasteiger partial charge in [-0.15, -0.1) is 0 Å². The van der Waals surface area contributed by atoms with E-state index in [2.05, 4.69) is 35.8 Å². The topological polar surface area (TPSA) is 137 Å². The summed E-state index contributed by atoms with van der Waals surface area (Å²) in [5.74, 6) is 1.06. The molecule has 0 aliphatic carbocycles. The van der Waals surface area contributed by atoms with E-state index in [4.69, 9.17) is 9.97 Å². The van der Waals surface area contributed by atoms with Crippen molar-refractivity contribution >= 4 is 33.7 Å². The first-order chi connectivity index (χ1) is 19.7. The summed E-state index contributed by atoms with van der Waals surface area (Å²) >= 11 is 0. The number of piperidine rings is 1. The monoisotopic (exact) mass is 529 g/mol. The fraction of sp³-hybridized carbons (Fsp3) is 0.200. The lowest BCUT2D eigenvalue weighted by atomic mass is 9.94. The van der Waals surface area contributed by atoms with E-state index >= 15 is 0 Å². The smallest absolute Gasteiger partial charge is 0.224 e. The average Bonchev–Trinajstić information content (AvgIpc) is 3.62. The summed E-state index contributed by atoms with van der Waals surface area (Å²) in [4.78, 5) is 34.4. The largest absolute Gasteiger partial charge is 0.336 e. The number of nitrogens with zero attached hydrogens (tertiary/aromatic N) is 5. The highest BCUT2D eigenvalue weighted by Gasteiger charge is 2.19. The van der Waals surface area contributed by atoms with Gasteiger partial charge in [0.1, 0.15) is 5.52 Å². The lowest BCUT2D eigenvalue weighted by molar-refractivity contribution is -0.117. The number of nitrogens with one attached hydrogen (secondary N) is 4. The maximum atomic E-state index is 12.7. The maximum Gasteiger partial charge on any atom is 0.224 e. The molecule has 5 aromatic heterocycles. The maximum absolute atomic E-state index is 12.7. The SMILES string of the molecule is O=C(CC1CCNCC1)Nc1cncc(-c2ccc3[nH]nc(-c4nc5c(-c6ccncc6)cccc5[nH]4)c3n2)c1. The predicted molar refractivity (Wildman–Crippen MR) is 154 cm³/mol. The number of imidazole rings is 1. The zero-order chi connectivity index (χ0) is 26.9. The van der Waals surface area contributed by atoms with E-state index in [9.17, 15) is 4.79 Å². The number of carbonyl (C=O) groups is 1. The molecule has 0 unspecified atom stereocenters. The Morgan fingerprint density at radius 2 is 1.77 bits per heavy atom. The molecular formula is C30H27N9O. The van der Waals surface area contributed by atoms with Gasteiger partial charge in [-0.05, 0) is 73.8 Å². The van der Waals surface area contributed by atoms with Gasteiger partial charge in [-0.1, -0.05) is 12.1 Å². The molecule has 0 saturated carbocycles. The molecule has 10 nitrogen and oxygen atoms in total. The van der Waals surface area contributed by atoms with Crippen LogP contribution in [0.25, 0.3) is 56.0 Å². The van der Waals surface area contributed by atoms with Crippen molar-refractivity contribution in [1.29, 1.82) is 0 Å². The van der Waals surface area contributed by atoms with Crippen LogP contribution in [0.5, 0.6) is 0 Å². The molecule has 0 radical (unpaired) electrons. The van der Waals surface area contributed by atoms with E-state index in [1.165, 1.54) is 0 Å². The van der Waals surface area contributed by atoms with Crippen LogP contribution in [0, 0.1) is 5.92 Å². The quantitative estimate of drug-likeness (QED) is 0.239. The molecule has 4 N–H and O–H groups in total. The van der Waals surface area contributed by atoms with Crippen molar-refractivity contribution in [2.75, 3.05) is 18.4 Å². The Labute approximate surface area is 229 Å². The highest BCUT2D eigenvalue weighted by atomic mass is 16.1. The number of para-hydroxylation sites is 1. The third kappa shape index (κ3) is 4.69. The van der Waals surface area contributed by atoms with Crippen LogP contribution >= 0.6 is 0 Å². The first-order valence-electron chi connectivity index (χ1n) is 13.4. The van der Waals surface area contributed by atoms with E-state index in [1.807, 2.05) is 48.5 Å². The number of aromatic amines is 2. The molecule has 0 spiro atoms. The Morgan fingerprint density at radius 1 is 0.900 bits per heavy atom. The number of anilines is 1. The van der Waals surface area contributed by atoms with E-state index in [-0.39, 0.29) is 5.91 Å². The molecule has 198 valence electrons. The number of fused-ring (bicyclic) bond motifs is 2. The number of rotatable bonds is 6. The third-order valence-corrected chi connectivity index (χ3v) is 7.39. The fourth-order valence-corrected chi connectivity index (χ4v) is 5.34. The lowest BCUT2D eigenvalue weighted by Gasteiger charge is -2.21. The van der Waals surface area contributed by atoms with E-state index in [1.54, 1.807) is 24.8 Å². The molecule has 6 heterocycles. The summed E-state index contributed by atoms with van der Waals surface area (Å²) in [5.41, 5.74) is 8.14. The van der Waals surface area contributed by atoms with Crippen molar-refractivity contribution in [3.8, 4) is 33.9 Å². The number of benzene rings is 1. The van der Waals surface area contributed by atoms with Gasteiger partial charge in [0.15, 0.2) is 11.5 Å². The molecule has 7 rings (SSSR count). The molecule has 6 aromatic rings. The summed E-state index contributed by atoms with van der Waals surface area (Å²) in [5, 5.41) is 14.0. The second-order valence-electron chi connectivity index (χ2n) is 10.1. The lowest BCUT2D eigenvalue weighted by Crippen LogP contribution is -2.30. The molecular weight excluding hydrogens is 502 g/mol. The Kier molecular flexibility index (Phi) is 6.21. The Morgan fingerprint density at radius 3 is 2.65 bits per heavy atom. The number of H-pyrrole nitrogens is 2. The van der Waals surface area contributed by atoms with Crippen LogP contribution in [0.15, 0.2) is 73.3 Å². The van der Waals surface area contributed by atoms with Crippen LogP contribution in [0.1, 0.15) is 19.3 Å². The molecule has 0 atom stereocenters. The third-order valence-electron chi connectivity index (χ3n) is 7.39. The highest BCUT2D eigenvalue weighted by molar-refractivity contribution is 5.96. The van der Waals surface area contributed by atoms with Crippen molar-refractivity contribution in [3.63, 3.8) is 0 Å². The molecule has 1 aliphatic rings. The van der Waals surface area contributed by atoms with Crippen molar-refractivity contribution in [3.05, 3.63) is 73.3 Å². The average molecular weight is 530 g/mol. The molecule has 0 bridgehead atoms. The van der Waals surface area contributed by atoms with Crippen LogP contribution in [-0.2, 0) is 4.79 Å². The summed E-state index contributed by atoms with van der Waals surface area (Å²) in [7, 11) is 0. The van der Waals surface area contributed by atoms with Crippen LogP contribution < -0.4 is 10.6 Å². The number of aromatic nitrogens is 7. The zero-order valence-corrected chi connectivity index (χ0v) is 21.7. The minimum atomic E-state index is 0.0161. The standard InChI is InChI=1S/C30H27N9O/c40-26(14-18-6-10-31-11-7-18)34-21-15-20(16-33-17-21)23-4-5-25-28(35-23)29(39-38-25)30-36-24-3-1-2-22(27(24)37-30)19-8-12-32-13-9-19/h1-5,8-9,12-13,15-18,31H,6-7,10-11,14H2,(H,34,40)(H,36,37)(H,38,39). The van der Waals surface area contributed by atoms with Crippen molar-refractivity contribution < 1.29 is 4.79 Å². The van der Waals surface area contributed by atoms with E-state index in [0.29, 0.717) is 35.1 Å². The number of amides is 1. The molecule has 1 amide bonds. The van der Waals surface area contributed by atoms with Gasteiger partial charge in [0.2, 0.25) is 5.91 Å². The van der Waals surface area contributed by atoms with Gasteiger partial charge in [-0.25, -0.2) is 9.97 Å². The van der Waals surface area contributed by atoms with Gasteiger partial charge < -0.3 is 15.6 Å². The Balaban J connectivity index is 1.19. The molecule has 40 heavy (non-hydrogen) atoms. The molecule has 10 heteroatoms. The number of hydrogen-bond donors (Lipinski definition) is 4. The Bertz CT molecular complexity index is 1820. The number of pyridine rings is 3. The first kappa shape index (κ1) is 24.1. The van der Waals surface area contributed by atoms with Gasteiger partial charge in [-0.3, -0.25) is 19.9 Å². The van der Waals surface area contributed by atoms with Gasteiger partial charge >= 0.3 is 0 Å². The van der Waals surface area contributed by atoms with Gasteiger partial charge in [0.25, 0.3) is 0 Å². The second kappa shape index (κ2) is 10.3. The first-order valence-corrected chi connectivity index (χ1v) is 13.4. The molecule has 1 aromatic carbocycles. The summed E-state index contributed by atoms with van der Waals surface area (Å²) < 4.78 is 0. The molecule has 1 fully saturated rings. The van der Waals surface area contributed by atoms with E-state index in [0.717, 1.165) is 64.9 Å². The highest BCUT2D eigenvalue weighted by Crippen LogP contribution is 2.32. The van der Waals surface area contributed by atoms with Gasteiger partial charge in [0.05, 0.1) is 34.1 Å². The van der Waals surface area contributed by atoms with Crippen LogP contribution in [0.4, 0.5) is 5.69 Å². The summed E-state index contributed by atoms with van der Waals surface area (Å²) in [6, 6.07) is 15.8. The molecule has 1 aliphatic heterocycles. The van der Waals surface area contributed by atoms with Crippen molar-refractivity contribution in [1.82, 2.24) is 40.4 Å². The summed E-state index contributed by atoms with van der Waals surface area (Å²) in [6.07, 6.45) is 9.54. The number of carbonyl (C=O) groups excluding carboxylic acids is 1. The van der Waals surface area contributed by atoms with Gasteiger partial charge in [-0.2, -0.15) is 5.10 Å². The fourth-order valence-electron chi connectivity index (χ4n) is 5.34. The van der Waals surface area contributed by atoms with Crippen LogP contribution in [0.2, 0.25) is 0 Å². The molecule has 1 saturated heterocycles. The minimum absolute atomic E-state index is 0.0161. The Hall–Kier alpha value is -4.96. The summed E-state index contributed by atoms with van der Waals surface area (Å²) in [6.45, 7) is 1.94. The van der Waals surface area contributed by atoms with Crippen molar-refractivity contribution in [2.45, 2.75) is 19.3 Å². The van der Waals surface area contributed by atoms with Gasteiger partial charge in [0, 0.05) is 36.1 Å². The van der Waals surface area contributed by atoms with Crippen LogP contribution in [-0.4, -0.2) is 54.1 Å². The normalized spacial score (nSPS) is 14.1. The van der Waals surface area contributed by atoms with Crippen molar-refractivity contribution in [2.24, 2.45) is 5.92 Å². The van der Waals surface area contributed by atoms with E-state index < -0.39 is 0 Å².